The van der Waals surface area contributed by atoms with E-state index in [1.807, 2.05) is 0 Å². The van der Waals surface area contributed by atoms with Crippen LogP contribution in [0.15, 0.2) is 24.5 Å². The zero-order valence-corrected chi connectivity index (χ0v) is 9.90. The van der Waals surface area contributed by atoms with Crippen LogP contribution in [0.2, 0.25) is 0 Å². The number of halogens is 1. The van der Waals surface area contributed by atoms with E-state index in [0.29, 0.717) is 11.0 Å². The third-order valence-electron chi connectivity index (χ3n) is 2.08. The average Bonchev–Trinajstić information content (AvgIpc) is 2.57. The number of aromatic nitrogens is 2. The van der Waals surface area contributed by atoms with Gasteiger partial charge in [0.1, 0.15) is 17.1 Å². The first-order chi connectivity index (χ1) is 7.87. The SMILES string of the molecule is CC(C)(C)OC(=O)n1ccc2cc(F)cnc21. The predicted molar refractivity (Wildman–Crippen MR) is 61.3 cm³/mol. The zero-order chi connectivity index (χ0) is 12.6. The van der Waals surface area contributed by atoms with Gasteiger partial charge in [-0.05, 0) is 32.9 Å². The van der Waals surface area contributed by atoms with Crippen molar-refractivity contribution in [2.24, 2.45) is 0 Å². The molecule has 0 aliphatic rings. The summed E-state index contributed by atoms with van der Waals surface area (Å²) in [6.07, 6.45) is 2.07. The Morgan fingerprint density at radius 3 is 2.82 bits per heavy atom. The van der Waals surface area contributed by atoms with Gasteiger partial charge in [0.05, 0.1) is 6.20 Å². The highest BCUT2D eigenvalue weighted by Crippen LogP contribution is 2.16. The minimum Gasteiger partial charge on any atom is -0.443 e. The van der Waals surface area contributed by atoms with Crippen molar-refractivity contribution in [2.45, 2.75) is 26.4 Å². The Balaban J connectivity index is 2.40. The molecule has 0 atom stereocenters. The second kappa shape index (κ2) is 3.84. The van der Waals surface area contributed by atoms with Gasteiger partial charge in [-0.25, -0.2) is 18.7 Å². The van der Waals surface area contributed by atoms with Crippen molar-refractivity contribution in [3.8, 4) is 0 Å². The summed E-state index contributed by atoms with van der Waals surface area (Å²) in [6.45, 7) is 5.34. The molecule has 0 saturated heterocycles. The second-order valence-electron chi connectivity index (χ2n) is 4.73. The first-order valence-electron chi connectivity index (χ1n) is 5.23. The summed E-state index contributed by atoms with van der Waals surface area (Å²) >= 11 is 0. The van der Waals surface area contributed by atoms with Crippen molar-refractivity contribution in [2.75, 3.05) is 0 Å². The molecule has 0 fully saturated rings. The van der Waals surface area contributed by atoms with Crippen LogP contribution in [0.4, 0.5) is 9.18 Å². The summed E-state index contributed by atoms with van der Waals surface area (Å²) in [5.41, 5.74) is -0.186. The number of fused-ring (bicyclic) bond motifs is 1. The Hall–Kier alpha value is -1.91. The molecule has 2 heterocycles. The topological polar surface area (TPSA) is 44.1 Å². The zero-order valence-electron chi connectivity index (χ0n) is 9.90. The Morgan fingerprint density at radius 2 is 2.18 bits per heavy atom. The first-order valence-corrected chi connectivity index (χ1v) is 5.23. The van der Waals surface area contributed by atoms with Crippen molar-refractivity contribution in [1.82, 2.24) is 9.55 Å². The van der Waals surface area contributed by atoms with E-state index < -0.39 is 17.5 Å². The maximum absolute atomic E-state index is 12.9. The van der Waals surface area contributed by atoms with Crippen LogP contribution in [0.25, 0.3) is 11.0 Å². The van der Waals surface area contributed by atoms with Gasteiger partial charge >= 0.3 is 6.09 Å². The highest BCUT2D eigenvalue weighted by Gasteiger charge is 2.19. The Labute approximate surface area is 98.0 Å². The predicted octanol–water partition coefficient (Wildman–Crippen LogP) is 2.96. The van der Waals surface area contributed by atoms with Crippen molar-refractivity contribution >= 4 is 17.1 Å². The van der Waals surface area contributed by atoms with Crippen LogP contribution in [0.3, 0.4) is 0 Å². The van der Waals surface area contributed by atoms with Crippen LogP contribution in [-0.4, -0.2) is 21.2 Å². The fourth-order valence-electron chi connectivity index (χ4n) is 1.46. The van der Waals surface area contributed by atoms with Crippen molar-refractivity contribution in [3.63, 3.8) is 0 Å². The Bertz CT molecular complexity index is 569. The van der Waals surface area contributed by atoms with Gasteiger partial charge in [0, 0.05) is 11.6 Å². The van der Waals surface area contributed by atoms with Crippen molar-refractivity contribution < 1.29 is 13.9 Å². The molecule has 0 spiro atoms. The van der Waals surface area contributed by atoms with E-state index in [-0.39, 0.29) is 0 Å². The fraction of sp³-hybridized carbons (Fsp3) is 0.333. The number of rotatable bonds is 0. The van der Waals surface area contributed by atoms with E-state index in [1.165, 1.54) is 16.8 Å². The van der Waals surface area contributed by atoms with Crippen LogP contribution >= 0.6 is 0 Å². The summed E-state index contributed by atoms with van der Waals surface area (Å²) in [7, 11) is 0. The first kappa shape index (κ1) is 11.6. The molecule has 2 aromatic heterocycles. The van der Waals surface area contributed by atoms with Gasteiger partial charge in [0.15, 0.2) is 0 Å². The second-order valence-corrected chi connectivity index (χ2v) is 4.73. The third-order valence-corrected chi connectivity index (χ3v) is 2.08. The van der Waals surface area contributed by atoms with E-state index in [1.54, 1.807) is 26.8 Å². The summed E-state index contributed by atoms with van der Waals surface area (Å²) in [5, 5.41) is 0.566. The highest BCUT2D eigenvalue weighted by atomic mass is 19.1. The van der Waals surface area contributed by atoms with Gasteiger partial charge in [0.2, 0.25) is 0 Å². The molecule has 0 aliphatic carbocycles. The van der Waals surface area contributed by atoms with Crippen LogP contribution < -0.4 is 0 Å². The van der Waals surface area contributed by atoms with Crippen molar-refractivity contribution in [3.05, 3.63) is 30.3 Å². The maximum atomic E-state index is 12.9. The maximum Gasteiger partial charge on any atom is 0.420 e. The van der Waals surface area contributed by atoms with Crippen LogP contribution in [0, 0.1) is 5.82 Å². The molecule has 0 amide bonds. The van der Waals surface area contributed by atoms with Gasteiger partial charge in [-0.3, -0.25) is 0 Å². The van der Waals surface area contributed by atoms with Crippen LogP contribution in [-0.2, 0) is 4.74 Å². The number of ether oxygens (including phenoxy) is 1. The average molecular weight is 236 g/mol. The van der Waals surface area contributed by atoms with Crippen LogP contribution in [0.1, 0.15) is 20.8 Å². The molecule has 0 bridgehead atoms. The molecule has 4 nitrogen and oxygen atoms in total. The smallest absolute Gasteiger partial charge is 0.420 e. The standard InChI is InChI=1S/C12H13FN2O2/c1-12(2,3)17-11(16)15-5-4-8-6-9(13)7-14-10(8)15/h4-7H,1-3H3. The lowest BCUT2D eigenvalue weighted by Gasteiger charge is -2.19. The quantitative estimate of drug-likeness (QED) is 0.706. The molecule has 17 heavy (non-hydrogen) atoms. The molecule has 2 rings (SSSR count). The number of hydrogen-bond acceptors (Lipinski definition) is 3. The summed E-state index contributed by atoms with van der Waals surface area (Å²) in [4.78, 5) is 15.7. The lowest BCUT2D eigenvalue weighted by atomic mass is 10.2. The van der Waals surface area contributed by atoms with Gasteiger partial charge < -0.3 is 4.74 Å². The third kappa shape index (κ3) is 2.43. The fourth-order valence-corrected chi connectivity index (χ4v) is 1.46. The van der Waals surface area contributed by atoms with E-state index in [0.717, 1.165) is 6.20 Å². The molecule has 90 valence electrons. The number of nitrogens with zero attached hydrogens (tertiary/aromatic N) is 2. The lowest BCUT2D eigenvalue weighted by Crippen LogP contribution is -2.26. The minimum atomic E-state index is -0.576. The molecule has 5 heteroatoms. The number of pyridine rings is 1. The van der Waals surface area contributed by atoms with E-state index >= 15 is 0 Å². The molecule has 0 aromatic carbocycles. The van der Waals surface area contributed by atoms with Gasteiger partial charge in [0.25, 0.3) is 0 Å². The van der Waals surface area contributed by atoms with Gasteiger partial charge in [-0.15, -0.1) is 0 Å². The Kier molecular flexibility index (Phi) is 2.61. The summed E-state index contributed by atoms with van der Waals surface area (Å²) in [5.74, 6) is -0.431. The monoisotopic (exact) mass is 236 g/mol. The molecule has 0 N–H and O–H groups in total. The molecule has 0 saturated carbocycles. The normalized spacial score (nSPS) is 11.8. The van der Waals surface area contributed by atoms with E-state index in [4.69, 9.17) is 4.74 Å². The summed E-state index contributed by atoms with van der Waals surface area (Å²) in [6, 6.07) is 2.94. The van der Waals surface area contributed by atoms with Crippen molar-refractivity contribution in [1.29, 1.82) is 0 Å². The molecular formula is C12H13FN2O2. The van der Waals surface area contributed by atoms with Gasteiger partial charge in [-0.1, -0.05) is 0 Å². The molecule has 0 aliphatic heterocycles. The molecule has 2 aromatic rings. The molecule has 0 radical (unpaired) electrons. The van der Waals surface area contributed by atoms with Crippen LogP contribution in [0.5, 0.6) is 0 Å². The molecule has 0 unspecified atom stereocenters. The highest BCUT2D eigenvalue weighted by molar-refractivity contribution is 5.86. The van der Waals surface area contributed by atoms with Gasteiger partial charge in [-0.2, -0.15) is 0 Å². The van der Waals surface area contributed by atoms with E-state index in [2.05, 4.69) is 4.98 Å². The minimum absolute atomic E-state index is 0.389. The number of hydrogen-bond donors (Lipinski definition) is 0. The lowest BCUT2D eigenvalue weighted by molar-refractivity contribution is 0.0543. The largest absolute Gasteiger partial charge is 0.443 e. The summed E-state index contributed by atoms with van der Waals surface area (Å²) < 4.78 is 19.4. The Morgan fingerprint density at radius 1 is 1.47 bits per heavy atom. The number of carbonyl (C=O) groups is 1. The van der Waals surface area contributed by atoms with E-state index in [9.17, 15) is 9.18 Å². The number of carbonyl (C=O) groups excluding carboxylic acids is 1. The molecular weight excluding hydrogens is 223 g/mol.